The van der Waals surface area contributed by atoms with Crippen molar-refractivity contribution >= 4 is 40.4 Å². The van der Waals surface area contributed by atoms with Crippen LogP contribution in [-0.2, 0) is 6.18 Å². The van der Waals surface area contributed by atoms with Crippen LogP contribution in [0.25, 0.3) is 0 Å². The number of nitro groups is 1. The minimum Gasteiger partial charge on any atom is -0.457 e. The Hall–Kier alpha value is -4.45. The monoisotopic (exact) mass is 502 g/mol. The molecule has 0 fully saturated rings. The van der Waals surface area contributed by atoms with Crippen LogP contribution in [-0.4, -0.2) is 19.9 Å². The second-order valence-corrected chi connectivity index (χ2v) is 7.33. The Bertz CT molecular complexity index is 1360. The molecule has 35 heavy (non-hydrogen) atoms. The molecule has 2 aromatic carbocycles. The molecule has 9 nitrogen and oxygen atoms in total. The third kappa shape index (κ3) is 5.73. The first-order valence-corrected chi connectivity index (χ1v) is 10.2. The van der Waals surface area contributed by atoms with Gasteiger partial charge in [0.05, 0.1) is 15.5 Å². The van der Waals surface area contributed by atoms with E-state index in [1.165, 1.54) is 0 Å². The van der Waals surface area contributed by atoms with Crippen LogP contribution < -0.4 is 15.4 Å². The summed E-state index contributed by atoms with van der Waals surface area (Å²) in [6.45, 7) is 0. The highest BCUT2D eigenvalue weighted by Gasteiger charge is 2.32. The molecule has 0 bridgehead atoms. The SMILES string of the molecule is O=[N+]([O-])c1c(Nc2ccc(Oc3ccccc3)cc2)ncnc1Nc1ncc(C(F)(F)F)cc1Cl. The Labute approximate surface area is 200 Å². The van der Waals surface area contributed by atoms with Gasteiger partial charge in [0, 0.05) is 11.9 Å². The quantitative estimate of drug-likeness (QED) is 0.211. The van der Waals surface area contributed by atoms with Crippen LogP contribution in [0.15, 0.2) is 73.2 Å². The predicted octanol–water partition coefficient (Wildman–Crippen LogP) is 6.73. The van der Waals surface area contributed by atoms with E-state index in [4.69, 9.17) is 16.3 Å². The highest BCUT2D eigenvalue weighted by molar-refractivity contribution is 6.33. The maximum Gasteiger partial charge on any atom is 0.417 e. The second-order valence-electron chi connectivity index (χ2n) is 6.92. The summed E-state index contributed by atoms with van der Waals surface area (Å²) < 4.78 is 44.2. The van der Waals surface area contributed by atoms with E-state index in [1.54, 1.807) is 36.4 Å². The zero-order chi connectivity index (χ0) is 25.0. The molecule has 0 unspecified atom stereocenters. The van der Waals surface area contributed by atoms with Gasteiger partial charge in [-0.2, -0.15) is 13.2 Å². The molecule has 13 heteroatoms. The van der Waals surface area contributed by atoms with Gasteiger partial charge >= 0.3 is 11.9 Å². The lowest BCUT2D eigenvalue weighted by atomic mass is 10.2. The van der Waals surface area contributed by atoms with Crippen LogP contribution in [0.5, 0.6) is 11.5 Å². The Morgan fingerprint density at radius 2 is 1.51 bits per heavy atom. The molecule has 2 heterocycles. The van der Waals surface area contributed by atoms with Crippen molar-refractivity contribution in [3.05, 3.63) is 93.9 Å². The number of nitrogens with zero attached hydrogens (tertiary/aromatic N) is 4. The topological polar surface area (TPSA) is 115 Å². The highest BCUT2D eigenvalue weighted by atomic mass is 35.5. The highest BCUT2D eigenvalue weighted by Crippen LogP contribution is 2.36. The molecule has 0 amide bonds. The lowest BCUT2D eigenvalue weighted by Gasteiger charge is -2.12. The average molecular weight is 503 g/mol. The van der Waals surface area contributed by atoms with Crippen molar-refractivity contribution < 1.29 is 22.8 Å². The van der Waals surface area contributed by atoms with Gasteiger partial charge in [-0.3, -0.25) is 10.1 Å². The third-order valence-electron chi connectivity index (χ3n) is 4.51. The molecular weight excluding hydrogens is 489 g/mol. The lowest BCUT2D eigenvalue weighted by molar-refractivity contribution is -0.383. The number of nitrogens with one attached hydrogen (secondary N) is 2. The van der Waals surface area contributed by atoms with Gasteiger partial charge in [-0.25, -0.2) is 15.0 Å². The maximum atomic E-state index is 12.8. The van der Waals surface area contributed by atoms with Crippen LogP contribution in [0.3, 0.4) is 0 Å². The van der Waals surface area contributed by atoms with E-state index >= 15 is 0 Å². The first-order valence-electron chi connectivity index (χ1n) is 9.80. The summed E-state index contributed by atoms with van der Waals surface area (Å²) in [5.41, 5.74) is -1.16. The zero-order valence-electron chi connectivity index (χ0n) is 17.5. The fourth-order valence-corrected chi connectivity index (χ4v) is 3.11. The number of halogens is 4. The van der Waals surface area contributed by atoms with Gasteiger partial charge in [0.15, 0.2) is 5.82 Å². The summed E-state index contributed by atoms with van der Waals surface area (Å²) in [5, 5.41) is 16.7. The number of hydrogen-bond donors (Lipinski definition) is 2. The summed E-state index contributed by atoms with van der Waals surface area (Å²) >= 11 is 5.89. The number of aromatic nitrogens is 3. The molecule has 4 rings (SSSR count). The van der Waals surface area contributed by atoms with E-state index in [0.29, 0.717) is 29.4 Å². The number of alkyl halides is 3. The van der Waals surface area contributed by atoms with Crippen LogP contribution in [0, 0.1) is 10.1 Å². The lowest BCUT2D eigenvalue weighted by Crippen LogP contribution is -2.08. The van der Waals surface area contributed by atoms with Gasteiger partial charge in [-0.1, -0.05) is 29.8 Å². The van der Waals surface area contributed by atoms with Crippen molar-refractivity contribution in [1.82, 2.24) is 15.0 Å². The molecule has 0 aliphatic carbocycles. The Kier molecular flexibility index (Phi) is 6.64. The van der Waals surface area contributed by atoms with Gasteiger partial charge in [0.1, 0.15) is 17.8 Å². The molecule has 0 saturated heterocycles. The van der Waals surface area contributed by atoms with E-state index < -0.39 is 27.4 Å². The van der Waals surface area contributed by atoms with E-state index in [9.17, 15) is 23.3 Å². The summed E-state index contributed by atoms with van der Waals surface area (Å²) in [6.07, 6.45) is -3.04. The molecule has 4 aromatic rings. The number of benzene rings is 2. The van der Waals surface area contributed by atoms with Crippen molar-refractivity contribution in [1.29, 1.82) is 0 Å². The molecule has 2 N–H and O–H groups in total. The normalized spacial score (nSPS) is 11.1. The van der Waals surface area contributed by atoms with Crippen LogP contribution in [0.2, 0.25) is 5.02 Å². The summed E-state index contributed by atoms with van der Waals surface area (Å²) in [6, 6.07) is 16.3. The predicted molar refractivity (Wildman–Crippen MR) is 122 cm³/mol. The molecular formula is C22H14ClF3N6O3. The van der Waals surface area contributed by atoms with Crippen molar-refractivity contribution in [3.8, 4) is 11.5 Å². The fraction of sp³-hybridized carbons (Fsp3) is 0.0455. The molecule has 0 aliphatic rings. The van der Waals surface area contributed by atoms with Crippen molar-refractivity contribution in [2.75, 3.05) is 10.6 Å². The van der Waals surface area contributed by atoms with Gasteiger partial charge in [0.2, 0.25) is 11.6 Å². The fourth-order valence-electron chi connectivity index (χ4n) is 2.90. The molecule has 0 radical (unpaired) electrons. The first kappa shape index (κ1) is 23.7. The number of ether oxygens (including phenoxy) is 1. The van der Waals surface area contributed by atoms with Crippen molar-refractivity contribution in [2.45, 2.75) is 6.18 Å². The van der Waals surface area contributed by atoms with Crippen LogP contribution >= 0.6 is 11.6 Å². The van der Waals surface area contributed by atoms with Crippen molar-refractivity contribution in [3.63, 3.8) is 0 Å². The van der Waals surface area contributed by atoms with Gasteiger partial charge in [-0.05, 0) is 42.5 Å². The average Bonchev–Trinajstić information content (AvgIpc) is 2.81. The molecule has 0 spiro atoms. The van der Waals surface area contributed by atoms with Crippen molar-refractivity contribution in [2.24, 2.45) is 0 Å². The Morgan fingerprint density at radius 1 is 0.886 bits per heavy atom. The van der Waals surface area contributed by atoms with Crippen LogP contribution in [0.4, 0.5) is 42.0 Å². The van der Waals surface area contributed by atoms with E-state index in [-0.39, 0.29) is 17.5 Å². The number of para-hydroxylation sites is 1. The molecule has 0 saturated carbocycles. The smallest absolute Gasteiger partial charge is 0.417 e. The molecule has 2 aromatic heterocycles. The summed E-state index contributed by atoms with van der Waals surface area (Å²) in [5.74, 6) is 0.475. The number of anilines is 4. The number of hydrogen-bond acceptors (Lipinski definition) is 8. The number of rotatable bonds is 7. The Balaban J connectivity index is 1.56. The maximum absolute atomic E-state index is 12.8. The first-order chi connectivity index (χ1) is 16.7. The van der Waals surface area contributed by atoms with E-state index in [2.05, 4.69) is 25.6 Å². The molecule has 0 atom stereocenters. The minimum absolute atomic E-state index is 0.160. The Morgan fingerprint density at radius 3 is 2.11 bits per heavy atom. The van der Waals surface area contributed by atoms with Gasteiger partial charge in [-0.15, -0.1) is 0 Å². The summed E-state index contributed by atoms with van der Waals surface area (Å²) in [4.78, 5) is 22.4. The third-order valence-corrected chi connectivity index (χ3v) is 4.79. The second kappa shape index (κ2) is 9.81. The standard InChI is InChI=1S/C22H14ClF3N6O3/c23-17-10-13(22(24,25)26)11-27-19(17)31-21-18(32(33)34)20(28-12-29-21)30-14-6-8-16(9-7-14)35-15-4-2-1-3-5-15/h1-12H,(H2,27,28,29,30,31). The van der Waals surface area contributed by atoms with Crippen LogP contribution in [0.1, 0.15) is 5.56 Å². The van der Waals surface area contributed by atoms with E-state index in [1.807, 2.05) is 18.2 Å². The van der Waals surface area contributed by atoms with Gasteiger partial charge in [0.25, 0.3) is 0 Å². The minimum atomic E-state index is -4.64. The number of pyridine rings is 1. The summed E-state index contributed by atoms with van der Waals surface area (Å²) in [7, 11) is 0. The molecule has 0 aliphatic heterocycles. The molecule has 178 valence electrons. The van der Waals surface area contributed by atoms with Gasteiger partial charge < -0.3 is 15.4 Å². The largest absolute Gasteiger partial charge is 0.457 e. The zero-order valence-corrected chi connectivity index (χ0v) is 18.2. The van der Waals surface area contributed by atoms with E-state index in [0.717, 1.165) is 6.33 Å².